The number of hydrogen-bond donors (Lipinski definition) is 0. The molecular weight excluding hydrogens is 376 g/mol. The van der Waals surface area contributed by atoms with Crippen molar-refractivity contribution in [3.8, 4) is 11.3 Å². The second-order valence-electron chi connectivity index (χ2n) is 6.93. The Morgan fingerprint density at radius 1 is 0.967 bits per heavy atom. The predicted octanol–water partition coefficient (Wildman–Crippen LogP) is 4.54. The lowest BCUT2D eigenvalue weighted by atomic mass is 10.0. The summed E-state index contributed by atoms with van der Waals surface area (Å²) in [7, 11) is 0. The molecule has 30 heavy (non-hydrogen) atoms. The molecule has 0 bridgehead atoms. The largest absolute Gasteiger partial charge is 0.444 e. The van der Waals surface area contributed by atoms with Crippen LogP contribution in [-0.4, -0.2) is 26.8 Å². The van der Waals surface area contributed by atoms with E-state index in [1.807, 2.05) is 78.9 Å². The Balaban J connectivity index is 1.65. The number of hydrazone groups is 1. The van der Waals surface area contributed by atoms with Crippen molar-refractivity contribution in [2.75, 3.05) is 0 Å². The van der Waals surface area contributed by atoms with E-state index < -0.39 is 6.23 Å². The van der Waals surface area contributed by atoms with Gasteiger partial charge in [0.25, 0.3) is 0 Å². The summed E-state index contributed by atoms with van der Waals surface area (Å²) < 4.78 is 6.17. The summed E-state index contributed by atoms with van der Waals surface area (Å²) in [5, 5.41) is 6.74. The number of pyridine rings is 2. The van der Waals surface area contributed by atoms with Gasteiger partial charge in [0.2, 0.25) is 18.0 Å². The van der Waals surface area contributed by atoms with E-state index in [4.69, 9.17) is 9.72 Å². The summed E-state index contributed by atoms with van der Waals surface area (Å²) in [4.78, 5) is 21.4. The molecule has 0 unspecified atom stereocenters. The fourth-order valence-electron chi connectivity index (χ4n) is 3.50. The van der Waals surface area contributed by atoms with Crippen molar-refractivity contribution in [3.63, 3.8) is 0 Å². The van der Waals surface area contributed by atoms with E-state index in [9.17, 15) is 4.79 Å². The average molecular weight is 394 g/mol. The normalized spacial score (nSPS) is 15.7. The first-order valence-corrected chi connectivity index (χ1v) is 9.62. The molecule has 5 rings (SSSR count). The summed E-state index contributed by atoms with van der Waals surface area (Å²) in [6.45, 7) is 1.46. The van der Waals surface area contributed by atoms with Crippen molar-refractivity contribution in [1.29, 1.82) is 0 Å². The molecule has 146 valence electrons. The highest BCUT2D eigenvalue weighted by atomic mass is 16.5. The van der Waals surface area contributed by atoms with Gasteiger partial charge in [0.05, 0.1) is 11.2 Å². The zero-order valence-corrected chi connectivity index (χ0v) is 16.3. The lowest BCUT2D eigenvalue weighted by molar-refractivity contribution is -0.135. The molecule has 0 spiro atoms. The minimum absolute atomic E-state index is 0.220. The monoisotopic (exact) mass is 394 g/mol. The summed E-state index contributed by atoms with van der Waals surface area (Å²) >= 11 is 0. The molecule has 0 aliphatic carbocycles. The lowest BCUT2D eigenvalue weighted by Gasteiger charge is -2.18. The third-order valence-corrected chi connectivity index (χ3v) is 4.92. The van der Waals surface area contributed by atoms with Gasteiger partial charge < -0.3 is 4.74 Å². The van der Waals surface area contributed by atoms with Crippen LogP contribution in [0.1, 0.15) is 24.4 Å². The Kier molecular flexibility index (Phi) is 4.44. The van der Waals surface area contributed by atoms with E-state index in [-0.39, 0.29) is 5.91 Å². The maximum absolute atomic E-state index is 12.3. The van der Waals surface area contributed by atoms with Crippen molar-refractivity contribution in [1.82, 2.24) is 15.0 Å². The molecule has 0 radical (unpaired) electrons. The molecule has 1 atom stereocenters. The van der Waals surface area contributed by atoms with Crippen LogP contribution in [0, 0.1) is 0 Å². The number of aromatic nitrogens is 2. The predicted molar refractivity (Wildman–Crippen MR) is 114 cm³/mol. The molecule has 3 heterocycles. The zero-order valence-electron chi connectivity index (χ0n) is 16.3. The second kappa shape index (κ2) is 7.40. The number of amides is 1. The van der Waals surface area contributed by atoms with Crippen molar-refractivity contribution in [2.24, 2.45) is 5.10 Å². The van der Waals surface area contributed by atoms with Gasteiger partial charge in [0.15, 0.2) is 0 Å². The highest BCUT2D eigenvalue weighted by molar-refractivity contribution is 6.08. The minimum atomic E-state index is -0.703. The first-order chi connectivity index (χ1) is 14.7. The van der Waals surface area contributed by atoms with Gasteiger partial charge in [-0.25, -0.2) is 4.98 Å². The molecule has 6 heteroatoms. The van der Waals surface area contributed by atoms with Crippen LogP contribution < -0.4 is 0 Å². The van der Waals surface area contributed by atoms with E-state index in [1.165, 1.54) is 11.9 Å². The number of carbonyl (C=O) groups excluding carboxylic acids is 1. The fraction of sp³-hybridized carbons (Fsp3) is 0.0833. The van der Waals surface area contributed by atoms with Crippen LogP contribution >= 0.6 is 0 Å². The van der Waals surface area contributed by atoms with Crippen LogP contribution in [0.3, 0.4) is 0 Å². The van der Waals surface area contributed by atoms with E-state index in [1.54, 1.807) is 6.20 Å². The summed E-state index contributed by atoms with van der Waals surface area (Å²) in [6.07, 6.45) is 0.968. The van der Waals surface area contributed by atoms with Crippen LogP contribution in [0.15, 0.2) is 90.2 Å². The number of benzene rings is 2. The Morgan fingerprint density at radius 3 is 2.50 bits per heavy atom. The van der Waals surface area contributed by atoms with Gasteiger partial charge in [-0.3, -0.25) is 9.78 Å². The first kappa shape index (κ1) is 18.0. The number of para-hydroxylation sites is 1. The number of rotatable bonds is 3. The van der Waals surface area contributed by atoms with Gasteiger partial charge in [-0.15, -0.1) is 5.10 Å². The number of hydrogen-bond acceptors (Lipinski definition) is 5. The Bertz CT molecular complexity index is 1260. The van der Waals surface area contributed by atoms with Gasteiger partial charge >= 0.3 is 0 Å². The first-order valence-electron chi connectivity index (χ1n) is 9.62. The van der Waals surface area contributed by atoms with Crippen LogP contribution in [0.2, 0.25) is 0 Å². The molecule has 6 nitrogen and oxygen atoms in total. The van der Waals surface area contributed by atoms with Crippen LogP contribution in [0.25, 0.3) is 22.2 Å². The molecule has 1 aliphatic heterocycles. The van der Waals surface area contributed by atoms with Gasteiger partial charge in [-0.2, -0.15) is 5.01 Å². The maximum Gasteiger partial charge on any atom is 0.243 e. The molecule has 2 aromatic heterocycles. The molecule has 4 aromatic rings. The molecule has 0 saturated carbocycles. The van der Waals surface area contributed by atoms with E-state index in [0.717, 1.165) is 27.7 Å². The smallest absolute Gasteiger partial charge is 0.243 e. The molecule has 1 amide bonds. The van der Waals surface area contributed by atoms with E-state index in [2.05, 4.69) is 10.1 Å². The molecular formula is C24H18N4O2. The molecule has 2 aromatic carbocycles. The van der Waals surface area contributed by atoms with Crippen molar-refractivity contribution in [3.05, 3.63) is 96.3 Å². The highest BCUT2D eigenvalue weighted by Gasteiger charge is 2.34. The maximum atomic E-state index is 12.3. The van der Waals surface area contributed by atoms with E-state index >= 15 is 0 Å². The summed E-state index contributed by atoms with van der Waals surface area (Å²) in [6, 6.07) is 25.2. The summed E-state index contributed by atoms with van der Waals surface area (Å²) in [5.74, 6) is 0.152. The highest BCUT2D eigenvalue weighted by Crippen LogP contribution is 2.32. The van der Waals surface area contributed by atoms with Crippen LogP contribution in [0.4, 0.5) is 0 Å². The fourth-order valence-corrected chi connectivity index (χ4v) is 3.50. The van der Waals surface area contributed by atoms with Gasteiger partial charge in [-0.1, -0.05) is 54.6 Å². The SMILES string of the molecule is CC(=O)N1N=C(c2cc(-c3ccccc3)nc3ccccc23)O[C@H]1c1ccccn1. The van der Waals surface area contributed by atoms with Crippen LogP contribution in [-0.2, 0) is 9.53 Å². The van der Waals surface area contributed by atoms with Crippen LogP contribution in [0.5, 0.6) is 0 Å². The van der Waals surface area contributed by atoms with Gasteiger partial charge in [-0.05, 0) is 24.3 Å². The third kappa shape index (κ3) is 3.18. The molecule has 0 fully saturated rings. The Hall–Kier alpha value is -4.06. The summed E-state index contributed by atoms with van der Waals surface area (Å²) in [5.41, 5.74) is 4.03. The van der Waals surface area contributed by atoms with Crippen molar-refractivity contribution >= 4 is 22.7 Å². The minimum Gasteiger partial charge on any atom is -0.444 e. The molecule has 1 aliphatic rings. The lowest BCUT2D eigenvalue weighted by Crippen LogP contribution is -2.25. The quantitative estimate of drug-likeness (QED) is 0.512. The number of nitrogens with zero attached hydrogens (tertiary/aromatic N) is 4. The topological polar surface area (TPSA) is 67.7 Å². The Morgan fingerprint density at radius 2 is 1.73 bits per heavy atom. The average Bonchev–Trinajstić information content (AvgIpc) is 3.25. The van der Waals surface area contributed by atoms with Crippen molar-refractivity contribution < 1.29 is 9.53 Å². The molecule has 0 N–H and O–H groups in total. The number of ether oxygens (including phenoxy) is 1. The van der Waals surface area contributed by atoms with Crippen molar-refractivity contribution in [2.45, 2.75) is 13.2 Å². The number of carbonyl (C=O) groups is 1. The number of fused-ring (bicyclic) bond motifs is 1. The Labute approximate surface area is 173 Å². The zero-order chi connectivity index (χ0) is 20.5. The standard InChI is InChI=1S/C24H18N4O2/c1-16(29)28-24(21-13-7-8-14-25-21)30-23(27-28)19-15-22(17-9-3-2-4-10-17)26-20-12-6-5-11-18(19)20/h2-15,24H,1H3/t24-/m0/s1. The second-order valence-corrected chi connectivity index (χ2v) is 6.93. The van der Waals surface area contributed by atoms with Gasteiger partial charge in [0, 0.05) is 29.6 Å². The van der Waals surface area contributed by atoms with Gasteiger partial charge in [0.1, 0.15) is 5.69 Å². The molecule has 0 saturated heterocycles. The van der Waals surface area contributed by atoms with E-state index in [0.29, 0.717) is 11.6 Å². The third-order valence-electron chi connectivity index (χ3n) is 4.92.